The van der Waals surface area contributed by atoms with Crippen LogP contribution in [0.4, 0.5) is 9.18 Å². The summed E-state index contributed by atoms with van der Waals surface area (Å²) in [6.07, 6.45) is 0.774. The van der Waals surface area contributed by atoms with Gasteiger partial charge in [0.15, 0.2) is 0 Å². The molecule has 1 aliphatic carbocycles. The van der Waals surface area contributed by atoms with E-state index < -0.39 is 23.2 Å². The van der Waals surface area contributed by atoms with E-state index in [2.05, 4.69) is 26.1 Å². The molecular weight excluding hydrogens is 441 g/mol. The fourth-order valence-corrected chi connectivity index (χ4v) is 4.00. The van der Waals surface area contributed by atoms with Crippen LogP contribution in [0.15, 0.2) is 22.7 Å². The summed E-state index contributed by atoms with van der Waals surface area (Å²) < 4.78 is 20.0. The van der Waals surface area contributed by atoms with Gasteiger partial charge < -0.3 is 19.9 Å². The van der Waals surface area contributed by atoms with E-state index in [0.29, 0.717) is 30.4 Å². The minimum Gasteiger partial charge on any atom is -0.444 e. The van der Waals surface area contributed by atoms with Crippen molar-refractivity contribution in [2.45, 2.75) is 50.7 Å². The third-order valence-electron chi connectivity index (χ3n) is 5.56. The Hall–Kier alpha value is -1.67. The van der Waals surface area contributed by atoms with E-state index in [9.17, 15) is 14.0 Å². The van der Waals surface area contributed by atoms with E-state index in [1.165, 1.54) is 6.07 Å². The number of carbonyl (C=O) groups is 2. The number of nitrogens with zero attached hydrogens (tertiary/aromatic N) is 2. The van der Waals surface area contributed by atoms with Crippen molar-refractivity contribution >= 4 is 27.9 Å². The molecule has 29 heavy (non-hydrogen) atoms. The van der Waals surface area contributed by atoms with Gasteiger partial charge in [-0.1, -0.05) is 6.07 Å². The lowest BCUT2D eigenvalue weighted by atomic mass is 9.86. The number of benzene rings is 1. The summed E-state index contributed by atoms with van der Waals surface area (Å²) in [6, 6.07) is 4.14. The summed E-state index contributed by atoms with van der Waals surface area (Å²) in [7, 11) is 2.02. The summed E-state index contributed by atoms with van der Waals surface area (Å²) in [6.45, 7) is 8.11. The van der Waals surface area contributed by atoms with Gasteiger partial charge in [-0.2, -0.15) is 0 Å². The Morgan fingerprint density at radius 2 is 1.83 bits per heavy atom. The van der Waals surface area contributed by atoms with Gasteiger partial charge in [-0.3, -0.25) is 4.79 Å². The number of hydrogen-bond donors (Lipinski definition) is 1. The van der Waals surface area contributed by atoms with Crippen molar-refractivity contribution in [3.8, 4) is 0 Å². The summed E-state index contributed by atoms with van der Waals surface area (Å²) >= 11 is 3.18. The van der Waals surface area contributed by atoms with Gasteiger partial charge in [0.25, 0.3) is 0 Å². The highest BCUT2D eigenvalue weighted by atomic mass is 79.9. The number of nitrogens with one attached hydrogen (secondary N) is 1. The van der Waals surface area contributed by atoms with E-state index in [1.54, 1.807) is 31.7 Å². The molecule has 3 rings (SSSR count). The molecule has 6 nitrogen and oxygen atoms in total. The zero-order valence-corrected chi connectivity index (χ0v) is 19.0. The highest BCUT2D eigenvalue weighted by Gasteiger charge is 2.55. The third-order valence-corrected chi connectivity index (χ3v) is 6.20. The number of likely N-dealkylation sites (N-methyl/N-ethyl adjacent to an activating group) is 1. The Kier molecular flexibility index (Phi) is 6.24. The van der Waals surface area contributed by atoms with Crippen LogP contribution in [-0.2, 0) is 14.9 Å². The van der Waals surface area contributed by atoms with Crippen LogP contribution in [-0.4, -0.2) is 66.7 Å². The fourth-order valence-electron chi connectivity index (χ4n) is 3.76. The highest BCUT2D eigenvalue weighted by molar-refractivity contribution is 9.10. The first-order valence-corrected chi connectivity index (χ1v) is 10.7. The summed E-state index contributed by atoms with van der Waals surface area (Å²) in [5, 5.41) is 2.82. The van der Waals surface area contributed by atoms with E-state index in [4.69, 9.17) is 4.74 Å². The predicted molar refractivity (Wildman–Crippen MR) is 112 cm³/mol. The molecule has 1 atom stereocenters. The van der Waals surface area contributed by atoms with Gasteiger partial charge in [0.05, 0.1) is 4.47 Å². The molecule has 1 saturated heterocycles. The molecule has 2 amide bonds. The lowest BCUT2D eigenvalue weighted by Crippen LogP contribution is -2.58. The van der Waals surface area contributed by atoms with Crippen molar-refractivity contribution in [1.82, 2.24) is 15.1 Å². The molecular formula is C21H29BrFN3O3. The van der Waals surface area contributed by atoms with Crippen LogP contribution in [0.25, 0.3) is 0 Å². The number of hydrogen-bond acceptors (Lipinski definition) is 4. The highest BCUT2D eigenvalue weighted by Crippen LogP contribution is 2.52. The van der Waals surface area contributed by atoms with E-state index in [0.717, 1.165) is 18.7 Å². The summed E-state index contributed by atoms with van der Waals surface area (Å²) in [5.41, 5.74) is -0.563. The standard InChI is InChI=1S/C21H29BrFN3O3/c1-20(2,3)29-19(28)24-17(18(27)26-11-9-25(4)10-12-26)21(7-8-21)14-5-6-15(22)16(23)13-14/h5-6,13,17H,7-12H2,1-4H3,(H,24,28)/t17-/m0/s1. The van der Waals surface area contributed by atoms with Crippen molar-refractivity contribution in [2.24, 2.45) is 0 Å². The van der Waals surface area contributed by atoms with Crippen LogP contribution in [0.3, 0.4) is 0 Å². The molecule has 1 saturated carbocycles. The Morgan fingerprint density at radius 1 is 1.21 bits per heavy atom. The molecule has 2 aliphatic rings. The van der Waals surface area contributed by atoms with Crippen molar-refractivity contribution in [1.29, 1.82) is 0 Å². The number of piperazine rings is 1. The molecule has 0 bridgehead atoms. The average molecular weight is 470 g/mol. The van der Waals surface area contributed by atoms with Gasteiger partial charge in [0, 0.05) is 31.6 Å². The second-order valence-electron chi connectivity index (χ2n) is 8.99. The maximum atomic E-state index is 14.2. The van der Waals surface area contributed by atoms with Crippen molar-refractivity contribution in [3.63, 3.8) is 0 Å². The predicted octanol–water partition coefficient (Wildman–Crippen LogP) is 3.29. The Labute approximate surface area is 179 Å². The maximum absolute atomic E-state index is 14.2. The van der Waals surface area contributed by atoms with Crippen molar-refractivity contribution in [2.75, 3.05) is 33.2 Å². The topological polar surface area (TPSA) is 61.9 Å². The van der Waals surface area contributed by atoms with Gasteiger partial charge in [-0.15, -0.1) is 0 Å². The fraction of sp³-hybridized carbons (Fsp3) is 0.619. The lowest BCUT2D eigenvalue weighted by Gasteiger charge is -2.37. The van der Waals surface area contributed by atoms with Gasteiger partial charge in [-0.25, -0.2) is 9.18 Å². The Morgan fingerprint density at radius 3 is 2.34 bits per heavy atom. The van der Waals surface area contributed by atoms with E-state index >= 15 is 0 Å². The van der Waals surface area contributed by atoms with E-state index in [-0.39, 0.29) is 11.7 Å². The number of rotatable bonds is 4. The summed E-state index contributed by atoms with van der Waals surface area (Å²) in [5.74, 6) is -0.512. The number of ether oxygens (including phenoxy) is 1. The molecule has 1 aliphatic heterocycles. The van der Waals surface area contributed by atoms with Crippen LogP contribution in [0, 0.1) is 5.82 Å². The van der Waals surface area contributed by atoms with Gasteiger partial charge in [0.2, 0.25) is 5.91 Å². The molecule has 1 aromatic carbocycles. The quantitative estimate of drug-likeness (QED) is 0.734. The lowest BCUT2D eigenvalue weighted by molar-refractivity contribution is -0.136. The van der Waals surface area contributed by atoms with Gasteiger partial charge >= 0.3 is 6.09 Å². The molecule has 8 heteroatoms. The van der Waals surface area contributed by atoms with Crippen LogP contribution >= 0.6 is 15.9 Å². The first-order chi connectivity index (χ1) is 13.5. The maximum Gasteiger partial charge on any atom is 0.408 e. The zero-order chi connectivity index (χ0) is 21.4. The Balaban J connectivity index is 1.88. The van der Waals surface area contributed by atoms with Crippen molar-refractivity contribution < 1.29 is 18.7 Å². The number of carbonyl (C=O) groups excluding carboxylic acids is 2. The monoisotopic (exact) mass is 469 g/mol. The first kappa shape index (κ1) is 22.0. The average Bonchev–Trinajstić information content (AvgIpc) is 3.42. The third kappa shape index (κ3) is 5.09. The molecule has 2 fully saturated rings. The molecule has 1 N–H and O–H groups in total. The minimum absolute atomic E-state index is 0.134. The van der Waals surface area contributed by atoms with Crippen LogP contribution < -0.4 is 5.32 Å². The molecule has 0 aromatic heterocycles. The largest absolute Gasteiger partial charge is 0.444 e. The second-order valence-corrected chi connectivity index (χ2v) is 9.85. The minimum atomic E-state index is -0.790. The summed E-state index contributed by atoms with van der Waals surface area (Å²) in [4.78, 5) is 29.9. The second kappa shape index (κ2) is 8.22. The van der Waals surface area contributed by atoms with Crippen LogP contribution in [0.5, 0.6) is 0 Å². The molecule has 0 spiro atoms. The van der Waals surface area contributed by atoms with Gasteiger partial charge in [0.1, 0.15) is 17.5 Å². The smallest absolute Gasteiger partial charge is 0.408 e. The normalized spacial score (nSPS) is 20.1. The van der Waals surface area contributed by atoms with Crippen LogP contribution in [0.1, 0.15) is 39.2 Å². The first-order valence-electron chi connectivity index (χ1n) is 9.94. The number of amides is 2. The molecule has 160 valence electrons. The van der Waals surface area contributed by atoms with Crippen molar-refractivity contribution in [3.05, 3.63) is 34.1 Å². The van der Waals surface area contributed by atoms with E-state index in [1.807, 2.05) is 13.1 Å². The molecule has 1 aromatic rings. The molecule has 0 radical (unpaired) electrons. The van der Waals surface area contributed by atoms with Crippen LogP contribution in [0.2, 0.25) is 0 Å². The SMILES string of the molecule is CN1CCN(C(=O)[C@H](NC(=O)OC(C)(C)C)C2(c3ccc(Br)c(F)c3)CC2)CC1. The number of halogens is 2. The Bertz CT molecular complexity index is 784. The molecule has 1 heterocycles. The number of alkyl carbamates (subject to hydrolysis) is 1. The molecule has 0 unspecified atom stereocenters. The zero-order valence-electron chi connectivity index (χ0n) is 17.4. The van der Waals surface area contributed by atoms with Gasteiger partial charge in [-0.05, 0) is 74.3 Å².